The zero-order valence-electron chi connectivity index (χ0n) is 11.7. The van der Waals surface area contributed by atoms with Crippen LogP contribution in [0.4, 0.5) is 5.82 Å². The molecule has 2 atom stereocenters. The van der Waals surface area contributed by atoms with Gasteiger partial charge in [-0.3, -0.25) is 4.90 Å². The molecule has 0 aromatic carbocycles. The van der Waals surface area contributed by atoms with E-state index in [0.29, 0.717) is 6.04 Å². The maximum absolute atomic E-state index is 4.69. The molecule has 4 nitrogen and oxygen atoms in total. The van der Waals surface area contributed by atoms with E-state index in [1.54, 1.807) is 11.3 Å². The van der Waals surface area contributed by atoms with E-state index in [2.05, 4.69) is 40.5 Å². The second-order valence-electron chi connectivity index (χ2n) is 5.50. The molecular weight excluding hydrogens is 256 g/mol. The molecule has 1 aliphatic heterocycles. The highest BCUT2D eigenvalue weighted by Gasteiger charge is 2.26. The van der Waals surface area contributed by atoms with Gasteiger partial charge in [-0.05, 0) is 30.7 Å². The smallest absolute Gasteiger partial charge is 0.146 e. The van der Waals surface area contributed by atoms with Crippen LogP contribution in [0.3, 0.4) is 0 Å². The molecule has 102 valence electrons. The summed E-state index contributed by atoms with van der Waals surface area (Å²) < 4.78 is 0. The summed E-state index contributed by atoms with van der Waals surface area (Å²) in [5, 5.41) is 6.38. The van der Waals surface area contributed by atoms with E-state index in [4.69, 9.17) is 4.98 Å². The van der Waals surface area contributed by atoms with Gasteiger partial charge in [0.1, 0.15) is 16.5 Å². The number of hydrogen-bond donors (Lipinski definition) is 1. The normalized spacial score (nSPS) is 24.2. The Labute approximate surface area is 117 Å². The highest BCUT2D eigenvalue weighted by Crippen LogP contribution is 2.27. The summed E-state index contributed by atoms with van der Waals surface area (Å²) in [6.07, 6.45) is 1.28. The fraction of sp³-hybridized carbons (Fsp3) is 0.571. The Morgan fingerprint density at radius 1 is 1.42 bits per heavy atom. The molecule has 0 spiro atoms. The van der Waals surface area contributed by atoms with Gasteiger partial charge in [-0.1, -0.05) is 6.92 Å². The molecule has 3 rings (SSSR count). The highest BCUT2D eigenvalue weighted by molar-refractivity contribution is 7.16. The molecule has 0 saturated carbocycles. The van der Waals surface area contributed by atoms with Crippen molar-refractivity contribution in [2.45, 2.75) is 32.9 Å². The molecule has 0 amide bonds. The van der Waals surface area contributed by atoms with E-state index in [-0.39, 0.29) is 0 Å². The second-order valence-corrected chi connectivity index (χ2v) is 6.39. The molecule has 3 heterocycles. The Hall–Kier alpha value is -1.20. The molecule has 2 aromatic heterocycles. The quantitative estimate of drug-likeness (QED) is 0.936. The molecule has 0 aliphatic carbocycles. The van der Waals surface area contributed by atoms with Crippen LogP contribution in [-0.4, -0.2) is 34.5 Å². The monoisotopic (exact) mass is 276 g/mol. The van der Waals surface area contributed by atoms with Crippen LogP contribution >= 0.6 is 11.3 Å². The Kier molecular flexibility index (Phi) is 3.41. The third-order valence-electron chi connectivity index (χ3n) is 3.87. The van der Waals surface area contributed by atoms with Crippen molar-refractivity contribution < 1.29 is 0 Å². The van der Waals surface area contributed by atoms with E-state index < -0.39 is 0 Å². The van der Waals surface area contributed by atoms with Gasteiger partial charge in [0.25, 0.3) is 0 Å². The molecule has 1 saturated heterocycles. The molecule has 1 aliphatic rings. The SMILES string of the molecule is CNc1nc(CN2CC(C)CC2C)nc2sccc12. The summed E-state index contributed by atoms with van der Waals surface area (Å²) in [7, 11) is 1.92. The molecule has 0 bridgehead atoms. The van der Waals surface area contributed by atoms with Gasteiger partial charge in [0, 0.05) is 19.6 Å². The number of nitrogens with one attached hydrogen (secondary N) is 1. The van der Waals surface area contributed by atoms with Crippen LogP contribution in [0.25, 0.3) is 10.2 Å². The predicted molar refractivity (Wildman–Crippen MR) is 80.6 cm³/mol. The minimum Gasteiger partial charge on any atom is -0.372 e. The highest BCUT2D eigenvalue weighted by atomic mass is 32.1. The van der Waals surface area contributed by atoms with Gasteiger partial charge in [-0.25, -0.2) is 9.97 Å². The van der Waals surface area contributed by atoms with Crippen molar-refractivity contribution in [1.82, 2.24) is 14.9 Å². The van der Waals surface area contributed by atoms with E-state index in [1.807, 2.05) is 7.05 Å². The van der Waals surface area contributed by atoms with Gasteiger partial charge >= 0.3 is 0 Å². The maximum atomic E-state index is 4.69. The van der Waals surface area contributed by atoms with E-state index >= 15 is 0 Å². The van der Waals surface area contributed by atoms with Gasteiger partial charge < -0.3 is 5.32 Å². The van der Waals surface area contributed by atoms with Crippen molar-refractivity contribution in [3.8, 4) is 0 Å². The summed E-state index contributed by atoms with van der Waals surface area (Å²) in [5.41, 5.74) is 0. The topological polar surface area (TPSA) is 41.1 Å². The van der Waals surface area contributed by atoms with Gasteiger partial charge in [-0.2, -0.15) is 0 Å². The van der Waals surface area contributed by atoms with Gasteiger partial charge in [0.05, 0.1) is 11.9 Å². The molecule has 1 N–H and O–H groups in total. The average molecular weight is 276 g/mol. The first-order chi connectivity index (χ1) is 9.17. The van der Waals surface area contributed by atoms with Crippen molar-refractivity contribution >= 4 is 27.4 Å². The number of anilines is 1. The Morgan fingerprint density at radius 2 is 2.26 bits per heavy atom. The average Bonchev–Trinajstić information content (AvgIpc) is 2.95. The third-order valence-corrected chi connectivity index (χ3v) is 4.67. The number of thiophene rings is 1. The molecule has 19 heavy (non-hydrogen) atoms. The lowest BCUT2D eigenvalue weighted by molar-refractivity contribution is 0.250. The number of likely N-dealkylation sites (tertiary alicyclic amines) is 1. The van der Waals surface area contributed by atoms with Crippen LogP contribution < -0.4 is 5.32 Å². The molecule has 5 heteroatoms. The van der Waals surface area contributed by atoms with E-state index in [1.165, 1.54) is 6.42 Å². The minimum absolute atomic E-state index is 0.635. The Bertz CT molecular complexity index is 580. The predicted octanol–water partition coefficient (Wildman–Crippen LogP) is 2.96. The van der Waals surface area contributed by atoms with Crippen LogP contribution in [-0.2, 0) is 6.54 Å². The molecule has 2 unspecified atom stereocenters. The second kappa shape index (κ2) is 5.06. The lowest BCUT2D eigenvalue weighted by Gasteiger charge is -2.20. The standard InChI is InChI=1S/C14H20N4S/c1-9-6-10(2)18(7-9)8-12-16-13(15-3)11-4-5-19-14(11)17-12/h4-5,9-10H,6-8H2,1-3H3,(H,15,16,17). The van der Waals surface area contributed by atoms with Crippen molar-refractivity contribution in [3.63, 3.8) is 0 Å². The van der Waals surface area contributed by atoms with Crippen LogP contribution in [0, 0.1) is 5.92 Å². The van der Waals surface area contributed by atoms with Crippen LogP contribution in [0.1, 0.15) is 26.1 Å². The fourth-order valence-corrected chi connectivity index (χ4v) is 3.73. The van der Waals surface area contributed by atoms with E-state index in [9.17, 15) is 0 Å². The first kappa shape index (κ1) is 12.8. The maximum Gasteiger partial charge on any atom is 0.146 e. The molecule has 2 aromatic rings. The summed E-state index contributed by atoms with van der Waals surface area (Å²) in [4.78, 5) is 12.9. The summed E-state index contributed by atoms with van der Waals surface area (Å²) >= 11 is 1.68. The number of aromatic nitrogens is 2. The number of hydrogen-bond acceptors (Lipinski definition) is 5. The van der Waals surface area contributed by atoms with Crippen molar-refractivity contribution in [3.05, 3.63) is 17.3 Å². The number of rotatable bonds is 3. The lowest BCUT2D eigenvalue weighted by Crippen LogP contribution is -2.27. The van der Waals surface area contributed by atoms with Crippen LogP contribution in [0.15, 0.2) is 11.4 Å². The zero-order valence-corrected chi connectivity index (χ0v) is 12.5. The van der Waals surface area contributed by atoms with Crippen molar-refractivity contribution in [2.24, 2.45) is 5.92 Å². The van der Waals surface area contributed by atoms with Crippen molar-refractivity contribution in [1.29, 1.82) is 0 Å². The first-order valence-electron chi connectivity index (χ1n) is 6.83. The first-order valence-corrected chi connectivity index (χ1v) is 7.71. The van der Waals surface area contributed by atoms with Gasteiger partial charge in [0.15, 0.2) is 0 Å². The van der Waals surface area contributed by atoms with Crippen LogP contribution in [0.5, 0.6) is 0 Å². The van der Waals surface area contributed by atoms with Gasteiger partial charge in [0.2, 0.25) is 0 Å². The molecule has 0 radical (unpaired) electrons. The third kappa shape index (κ3) is 2.44. The summed E-state index contributed by atoms with van der Waals surface area (Å²) in [5.74, 6) is 2.66. The minimum atomic E-state index is 0.635. The number of fused-ring (bicyclic) bond motifs is 1. The van der Waals surface area contributed by atoms with Crippen molar-refractivity contribution in [2.75, 3.05) is 18.9 Å². The Balaban J connectivity index is 1.88. The summed E-state index contributed by atoms with van der Waals surface area (Å²) in [6.45, 7) is 6.63. The van der Waals surface area contributed by atoms with Crippen LogP contribution in [0.2, 0.25) is 0 Å². The zero-order chi connectivity index (χ0) is 13.4. The molecular formula is C14H20N4S. The summed E-state index contributed by atoms with van der Waals surface area (Å²) in [6, 6.07) is 2.71. The molecule has 1 fully saturated rings. The largest absolute Gasteiger partial charge is 0.372 e. The number of nitrogens with zero attached hydrogens (tertiary/aromatic N) is 3. The van der Waals surface area contributed by atoms with Gasteiger partial charge in [-0.15, -0.1) is 11.3 Å². The fourth-order valence-electron chi connectivity index (χ4n) is 2.95. The lowest BCUT2D eigenvalue weighted by atomic mass is 10.1. The van der Waals surface area contributed by atoms with E-state index in [0.717, 1.165) is 40.9 Å². The Morgan fingerprint density at radius 3 is 2.95 bits per heavy atom.